The van der Waals surface area contributed by atoms with E-state index < -0.39 is 11.5 Å². The summed E-state index contributed by atoms with van der Waals surface area (Å²) in [6, 6.07) is 19.4. The van der Waals surface area contributed by atoms with Gasteiger partial charge in [0, 0.05) is 6.92 Å². The van der Waals surface area contributed by atoms with E-state index in [1.165, 1.54) is 6.92 Å². The topological polar surface area (TPSA) is 56.8 Å². The van der Waals surface area contributed by atoms with Crippen molar-refractivity contribution in [3.8, 4) is 0 Å². The number of amides is 1. The van der Waals surface area contributed by atoms with Crippen LogP contribution in [0.4, 0.5) is 0 Å². The van der Waals surface area contributed by atoms with Gasteiger partial charge in [0.15, 0.2) is 0 Å². The summed E-state index contributed by atoms with van der Waals surface area (Å²) in [6.07, 6.45) is -1.03. The molecule has 1 N–H and O–H groups in total. The minimum atomic E-state index is -0.466. The predicted octanol–water partition coefficient (Wildman–Crippen LogP) is 3.34. The number of carbonyl (C=O) groups excluding carboxylic acids is 1. The molecule has 6 heteroatoms. The van der Waals surface area contributed by atoms with E-state index >= 15 is 0 Å². The average molecular weight is 402 g/mol. The normalized spacial score (nSPS) is 27.3. The highest BCUT2D eigenvalue weighted by molar-refractivity contribution is 7.80. The van der Waals surface area contributed by atoms with Gasteiger partial charge in [0.2, 0.25) is 5.91 Å². The van der Waals surface area contributed by atoms with E-state index in [2.05, 4.69) is 17.9 Å². The summed E-state index contributed by atoms with van der Waals surface area (Å²) in [7, 11) is 0. The molecular formula is C22H27NO4S. The highest BCUT2D eigenvalue weighted by Gasteiger charge is 2.45. The van der Waals surface area contributed by atoms with E-state index in [0.717, 1.165) is 11.1 Å². The number of carbonyl (C=O) groups is 1. The fraction of sp³-hybridized carbons (Fsp3) is 0.409. The summed E-state index contributed by atoms with van der Waals surface area (Å²) in [5, 5.41) is 3.00. The molecule has 28 heavy (non-hydrogen) atoms. The van der Waals surface area contributed by atoms with Crippen molar-refractivity contribution in [1.82, 2.24) is 5.32 Å². The molecule has 3 rings (SSSR count). The molecule has 2 aromatic rings. The minimum Gasteiger partial charge on any atom is -0.369 e. The van der Waals surface area contributed by atoms with Crippen LogP contribution in [0.1, 0.15) is 25.0 Å². The van der Waals surface area contributed by atoms with Crippen LogP contribution in [-0.4, -0.2) is 35.7 Å². The molecule has 0 aromatic heterocycles. The van der Waals surface area contributed by atoms with Gasteiger partial charge in [0.05, 0.1) is 25.4 Å². The first kappa shape index (κ1) is 20.9. The van der Waals surface area contributed by atoms with Gasteiger partial charge in [0.1, 0.15) is 17.6 Å². The van der Waals surface area contributed by atoms with Crippen LogP contribution >= 0.6 is 12.6 Å². The third kappa shape index (κ3) is 5.58. The molecule has 1 fully saturated rings. The molecule has 5 atom stereocenters. The number of ether oxygens (including phenoxy) is 3. The minimum absolute atomic E-state index is 0.138. The Morgan fingerprint density at radius 3 is 1.96 bits per heavy atom. The number of hydrogen-bond donors (Lipinski definition) is 2. The number of rotatable bonds is 7. The summed E-state index contributed by atoms with van der Waals surface area (Å²) >= 11 is 4.57. The molecular weight excluding hydrogens is 374 g/mol. The third-order valence-corrected chi connectivity index (χ3v) is 5.16. The molecule has 1 aliphatic heterocycles. The Morgan fingerprint density at radius 2 is 1.46 bits per heavy atom. The SMILES string of the molecule is CC(=O)N[C@H]1[C@@H](OCc2ccccc2)[C@H](S)O[C@H](C)[C@H]1OCc1ccccc1. The van der Waals surface area contributed by atoms with Crippen LogP contribution in [0.15, 0.2) is 60.7 Å². The molecule has 2 aromatic carbocycles. The van der Waals surface area contributed by atoms with Gasteiger partial charge < -0.3 is 19.5 Å². The standard InChI is InChI=1S/C22H27NO4S/c1-15-20(25-13-17-9-5-3-6-10-17)19(23-16(2)24)21(22(28)27-15)26-14-18-11-7-4-8-12-18/h3-12,15,19-22,28H,13-14H2,1-2H3,(H,23,24)/t15-,19-,20-,21-,22+/m1/s1. The zero-order chi connectivity index (χ0) is 19.9. The third-order valence-electron chi connectivity index (χ3n) is 4.75. The summed E-state index contributed by atoms with van der Waals surface area (Å²) in [6.45, 7) is 4.26. The van der Waals surface area contributed by atoms with Gasteiger partial charge in [-0.15, -0.1) is 12.6 Å². The second kappa shape index (κ2) is 10.1. The van der Waals surface area contributed by atoms with Crippen molar-refractivity contribution < 1.29 is 19.0 Å². The molecule has 0 radical (unpaired) electrons. The Balaban J connectivity index is 1.73. The number of thiol groups is 1. The van der Waals surface area contributed by atoms with Gasteiger partial charge in [-0.2, -0.15) is 0 Å². The van der Waals surface area contributed by atoms with E-state index in [4.69, 9.17) is 14.2 Å². The first-order valence-electron chi connectivity index (χ1n) is 9.46. The fourth-order valence-electron chi connectivity index (χ4n) is 3.39. The Bertz CT molecular complexity index is 687. The maximum absolute atomic E-state index is 11.9. The zero-order valence-electron chi connectivity index (χ0n) is 16.2. The molecule has 5 nitrogen and oxygen atoms in total. The maximum Gasteiger partial charge on any atom is 0.217 e. The first-order chi connectivity index (χ1) is 13.5. The fourth-order valence-corrected chi connectivity index (χ4v) is 3.85. The van der Waals surface area contributed by atoms with E-state index in [-0.39, 0.29) is 24.2 Å². The van der Waals surface area contributed by atoms with E-state index in [9.17, 15) is 4.79 Å². The molecule has 0 spiro atoms. The lowest BCUT2D eigenvalue weighted by Gasteiger charge is -2.44. The summed E-state index contributed by atoms with van der Waals surface area (Å²) in [5.74, 6) is -0.138. The summed E-state index contributed by atoms with van der Waals surface area (Å²) in [4.78, 5) is 11.9. The molecule has 1 saturated heterocycles. The van der Waals surface area contributed by atoms with Crippen LogP contribution in [0.3, 0.4) is 0 Å². The van der Waals surface area contributed by atoms with Crippen LogP contribution in [0.2, 0.25) is 0 Å². The highest BCUT2D eigenvalue weighted by atomic mass is 32.1. The van der Waals surface area contributed by atoms with Crippen molar-refractivity contribution >= 4 is 18.5 Å². The number of hydrogen-bond acceptors (Lipinski definition) is 5. The zero-order valence-corrected chi connectivity index (χ0v) is 17.0. The predicted molar refractivity (Wildman–Crippen MR) is 111 cm³/mol. The lowest BCUT2D eigenvalue weighted by molar-refractivity contribution is -0.188. The molecule has 0 bridgehead atoms. The molecule has 0 saturated carbocycles. The Labute approximate surface area is 171 Å². The van der Waals surface area contributed by atoms with Gasteiger partial charge >= 0.3 is 0 Å². The van der Waals surface area contributed by atoms with Crippen molar-refractivity contribution in [3.63, 3.8) is 0 Å². The molecule has 1 heterocycles. The number of nitrogens with one attached hydrogen (secondary N) is 1. The Hall–Kier alpha value is -1.86. The molecule has 150 valence electrons. The lowest BCUT2D eigenvalue weighted by atomic mass is 9.97. The Morgan fingerprint density at radius 1 is 0.964 bits per heavy atom. The second-order valence-electron chi connectivity index (χ2n) is 6.98. The molecule has 1 aliphatic rings. The summed E-state index contributed by atoms with van der Waals surface area (Å²) < 4.78 is 18.3. The van der Waals surface area contributed by atoms with Gasteiger partial charge in [0.25, 0.3) is 0 Å². The lowest BCUT2D eigenvalue weighted by Crippen LogP contribution is -2.63. The smallest absolute Gasteiger partial charge is 0.217 e. The van der Waals surface area contributed by atoms with Crippen molar-refractivity contribution in [1.29, 1.82) is 0 Å². The molecule has 0 aliphatic carbocycles. The van der Waals surface area contributed by atoms with E-state index in [1.54, 1.807) is 0 Å². The molecule has 0 unspecified atom stereocenters. The second-order valence-corrected chi connectivity index (χ2v) is 7.49. The first-order valence-corrected chi connectivity index (χ1v) is 9.98. The van der Waals surface area contributed by atoms with Gasteiger partial charge in [-0.05, 0) is 18.1 Å². The van der Waals surface area contributed by atoms with E-state index in [0.29, 0.717) is 13.2 Å². The van der Waals surface area contributed by atoms with Crippen molar-refractivity contribution in [2.24, 2.45) is 0 Å². The van der Waals surface area contributed by atoms with Crippen molar-refractivity contribution in [2.75, 3.05) is 0 Å². The van der Waals surface area contributed by atoms with Crippen molar-refractivity contribution in [2.45, 2.75) is 56.9 Å². The van der Waals surface area contributed by atoms with E-state index in [1.807, 2.05) is 67.6 Å². The Kier molecular flexibility index (Phi) is 7.50. The van der Waals surface area contributed by atoms with Crippen LogP contribution in [0.5, 0.6) is 0 Å². The largest absolute Gasteiger partial charge is 0.369 e. The summed E-state index contributed by atoms with van der Waals surface area (Å²) in [5.41, 5.74) is 1.64. The van der Waals surface area contributed by atoms with Crippen molar-refractivity contribution in [3.05, 3.63) is 71.8 Å². The quantitative estimate of drug-likeness (QED) is 0.699. The van der Waals surface area contributed by atoms with Gasteiger partial charge in [-0.25, -0.2) is 0 Å². The van der Waals surface area contributed by atoms with Gasteiger partial charge in [-0.3, -0.25) is 4.79 Å². The average Bonchev–Trinajstić information content (AvgIpc) is 2.68. The highest BCUT2D eigenvalue weighted by Crippen LogP contribution is 2.29. The van der Waals surface area contributed by atoms with Crippen LogP contribution in [0.25, 0.3) is 0 Å². The van der Waals surface area contributed by atoms with Crippen LogP contribution in [-0.2, 0) is 32.2 Å². The van der Waals surface area contributed by atoms with Gasteiger partial charge in [-0.1, -0.05) is 60.7 Å². The van der Waals surface area contributed by atoms with Crippen LogP contribution < -0.4 is 5.32 Å². The number of benzene rings is 2. The van der Waals surface area contributed by atoms with Crippen LogP contribution in [0, 0.1) is 0 Å². The maximum atomic E-state index is 11.9. The monoisotopic (exact) mass is 401 g/mol. The molecule has 1 amide bonds.